The zero-order valence-electron chi connectivity index (χ0n) is 14.3. The number of nitrogens with zero attached hydrogens (tertiary/aromatic N) is 3. The molecule has 0 aliphatic carbocycles. The molecule has 2 heterocycles. The van der Waals surface area contributed by atoms with Crippen molar-refractivity contribution < 1.29 is 4.79 Å². The maximum absolute atomic E-state index is 12.1. The minimum absolute atomic E-state index is 0.316. The standard InChI is InChI=1S/C19H25N3OS/c1-2-3-9-18(23)22-12-10-21(11-13-22)14-17-15-24-19(20-17)16-7-5-4-6-8-16/h4-8,15H,2-3,9-14H2,1H3. The van der Waals surface area contributed by atoms with E-state index >= 15 is 0 Å². The van der Waals surface area contributed by atoms with Crippen LogP contribution in [0.2, 0.25) is 0 Å². The Morgan fingerprint density at radius 2 is 1.92 bits per heavy atom. The van der Waals surface area contributed by atoms with Gasteiger partial charge in [0.1, 0.15) is 5.01 Å². The number of benzene rings is 1. The topological polar surface area (TPSA) is 36.4 Å². The summed E-state index contributed by atoms with van der Waals surface area (Å²) in [5.41, 5.74) is 2.31. The first-order valence-corrected chi connectivity index (χ1v) is 9.64. The number of carbonyl (C=O) groups is 1. The van der Waals surface area contributed by atoms with Crippen LogP contribution in [0.3, 0.4) is 0 Å². The number of hydrogen-bond acceptors (Lipinski definition) is 4. The van der Waals surface area contributed by atoms with Crippen LogP contribution in [0.4, 0.5) is 0 Å². The molecule has 1 saturated heterocycles. The second-order valence-electron chi connectivity index (χ2n) is 6.27. The lowest BCUT2D eigenvalue weighted by molar-refractivity contribution is -0.133. The maximum Gasteiger partial charge on any atom is 0.222 e. The minimum atomic E-state index is 0.316. The molecule has 1 aromatic heterocycles. The second kappa shape index (κ2) is 8.40. The third kappa shape index (κ3) is 4.42. The Morgan fingerprint density at radius 1 is 1.17 bits per heavy atom. The summed E-state index contributed by atoms with van der Waals surface area (Å²) in [7, 11) is 0. The highest BCUT2D eigenvalue weighted by atomic mass is 32.1. The molecule has 4 nitrogen and oxygen atoms in total. The van der Waals surface area contributed by atoms with Gasteiger partial charge in [-0.2, -0.15) is 0 Å². The van der Waals surface area contributed by atoms with E-state index in [0.717, 1.165) is 56.3 Å². The fourth-order valence-electron chi connectivity index (χ4n) is 2.96. The number of thiazole rings is 1. The summed E-state index contributed by atoms with van der Waals surface area (Å²) in [5.74, 6) is 0.316. The summed E-state index contributed by atoms with van der Waals surface area (Å²) < 4.78 is 0. The van der Waals surface area contributed by atoms with Gasteiger partial charge in [0.15, 0.2) is 0 Å². The number of rotatable bonds is 6. The van der Waals surface area contributed by atoms with Gasteiger partial charge in [0.2, 0.25) is 5.91 Å². The molecule has 0 spiro atoms. The highest BCUT2D eigenvalue weighted by Gasteiger charge is 2.21. The number of aromatic nitrogens is 1. The number of carbonyl (C=O) groups excluding carboxylic acids is 1. The summed E-state index contributed by atoms with van der Waals surface area (Å²) in [5, 5.41) is 3.24. The van der Waals surface area contributed by atoms with Crippen LogP contribution in [0.1, 0.15) is 31.9 Å². The average molecular weight is 343 g/mol. The highest BCUT2D eigenvalue weighted by Crippen LogP contribution is 2.24. The van der Waals surface area contributed by atoms with Crippen LogP contribution in [0.15, 0.2) is 35.7 Å². The Hall–Kier alpha value is -1.72. The van der Waals surface area contributed by atoms with Gasteiger partial charge in [0.05, 0.1) is 5.69 Å². The van der Waals surface area contributed by atoms with Crippen LogP contribution in [0, 0.1) is 0 Å². The third-order valence-corrected chi connectivity index (χ3v) is 5.37. The van der Waals surface area contributed by atoms with E-state index in [2.05, 4.69) is 29.3 Å². The molecule has 0 saturated carbocycles. The lowest BCUT2D eigenvalue weighted by Gasteiger charge is -2.34. The van der Waals surface area contributed by atoms with Gasteiger partial charge in [-0.3, -0.25) is 9.69 Å². The summed E-state index contributed by atoms with van der Waals surface area (Å²) in [6.45, 7) is 6.58. The smallest absolute Gasteiger partial charge is 0.222 e. The first kappa shape index (κ1) is 17.1. The molecule has 0 unspecified atom stereocenters. The second-order valence-corrected chi connectivity index (χ2v) is 7.13. The molecule has 2 aromatic rings. The third-order valence-electron chi connectivity index (χ3n) is 4.43. The van der Waals surface area contributed by atoms with Crippen molar-refractivity contribution >= 4 is 17.2 Å². The lowest BCUT2D eigenvalue weighted by atomic mass is 10.2. The van der Waals surface area contributed by atoms with Crippen molar-refractivity contribution in [1.82, 2.24) is 14.8 Å². The Bertz CT molecular complexity index is 648. The van der Waals surface area contributed by atoms with Gasteiger partial charge in [-0.25, -0.2) is 4.98 Å². The summed E-state index contributed by atoms with van der Waals surface area (Å²) in [6.07, 6.45) is 2.78. The Kier molecular flexibility index (Phi) is 5.99. The molecule has 0 radical (unpaired) electrons. The van der Waals surface area contributed by atoms with Gasteiger partial charge in [0, 0.05) is 50.1 Å². The highest BCUT2D eigenvalue weighted by molar-refractivity contribution is 7.13. The number of hydrogen-bond donors (Lipinski definition) is 0. The maximum atomic E-state index is 12.1. The molecule has 0 atom stereocenters. The molecule has 5 heteroatoms. The first-order valence-electron chi connectivity index (χ1n) is 8.76. The van der Waals surface area contributed by atoms with Gasteiger partial charge in [0.25, 0.3) is 0 Å². The van der Waals surface area contributed by atoms with Gasteiger partial charge in [-0.1, -0.05) is 43.7 Å². The van der Waals surface area contributed by atoms with Crippen LogP contribution < -0.4 is 0 Å². The van der Waals surface area contributed by atoms with E-state index in [1.54, 1.807) is 11.3 Å². The molecule has 1 fully saturated rings. The molecular formula is C19H25N3OS. The number of piperazine rings is 1. The van der Waals surface area contributed by atoms with Crippen LogP contribution in [0.25, 0.3) is 10.6 Å². The molecule has 1 amide bonds. The molecule has 1 aliphatic heterocycles. The number of unbranched alkanes of at least 4 members (excludes halogenated alkanes) is 1. The van der Waals surface area contributed by atoms with Crippen LogP contribution in [-0.4, -0.2) is 46.9 Å². The molecule has 1 aliphatic rings. The SMILES string of the molecule is CCCCC(=O)N1CCN(Cc2csc(-c3ccccc3)n2)CC1. The van der Waals surface area contributed by atoms with Crippen LogP contribution in [0.5, 0.6) is 0 Å². The molecule has 1 aromatic carbocycles. The zero-order chi connectivity index (χ0) is 16.8. The summed E-state index contributed by atoms with van der Waals surface area (Å²) >= 11 is 1.70. The van der Waals surface area contributed by atoms with Gasteiger partial charge >= 0.3 is 0 Å². The fourth-order valence-corrected chi connectivity index (χ4v) is 3.78. The van der Waals surface area contributed by atoms with E-state index in [0.29, 0.717) is 12.3 Å². The molecule has 24 heavy (non-hydrogen) atoms. The van der Waals surface area contributed by atoms with Crippen molar-refractivity contribution in [3.63, 3.8) is 0 Å². The molecule has 3 rings (SSSR count). The summed E-state index contributed by atoms with van der Waals surface area (Å²) in [4.78, 5) is 21.3. The number of amides is 1. The largest absolute Gasteiger partial charge is 0.340 e. The molecule has 128 valence electrons. The van der Waals surface area contributed by atoms with E-state index in [1.807, 2.05) is 23.1 Å². The van der Waals surface area contributed by atoms with Gasteiger partial charge in [-0.15, -0.1) is 11.3 Å². The minimum Gasteiger partial charge on any atom is -0.340 e. The van der Waals surface area contributed by atoms with E-state index < -0.39 is 0 Å². The Morgan fingerprint density at radius 3 is 2.62 bits per heavy atom. The van der Waals surface area contributed by atoms with Crippen molar-refractivity contribution in [3.05, 3.63) is 41.4 Å². The van der Waals surface area contributed by atoms with E-state index in [9.17, 15) is 4.79 Å². The van der Waals surface area contributed by atoms with Crippen LogP contribution in [-0.2, 0) is 11.3 Å². The van der Waals surface area contributed by atoms with E-state index in [-0.39, 0.29) is 0 Å². The van der Waals surface area contributed by atoms with Crippen molar-refractivity contribution in [2.24, 2.45) is 0 Å². The fraction of sp³-hybridized carbons (Fsp3) is 0.474. The van der Waals surface area contributed by atoms with Crippen molar-refractivity contribution in [2.75, 3.05) is 26.2 Å². The lowest BCUT2D eigenvalue weighted by Crippen LogP contribution is -2.48. The Balaban J connectivity index is 1.50. The first-order chi connectivity index (χ1) is 11.8. The van der Waals surface area contributed by atoms with Crippen molar-refractivity contribution in [2.45, 2.75) is 32.7 Å². The molecule has 0 bridgehead atoms. The average Bonchev–Trinajstić information content (AvgIpc) is 3.09. The zero-order valence-corrected chi connectivity index (χ0v) is 15.1. The molecule has 0 N–H and O–H groups in total. The van der Waals surface area contributed by atoms with Gasteiger partial charge < -0.3 is 4.90 Å². The predicted molar refractivity (Wildman–Crippen MR) is 98.9 cm³/mol. The Labute approximate surface area is 148 Å². The van der Waals surface area contributed by atoms with Crippen molar-refractivity contribution in [3.8, 4) is 10.6 Å². The van der Waals surface area contributed by atoms with Crippen molar-refractivity contribution in [1.29, 1.82) is 0 Å². The normalized spacial score (nSPS) is 15.6. The van der Waals surface area contributed by atoms with Gasteiger partial charge in [-0.05, 0) is 6.42 Å². The van der Waals surface area contributed by atoms with Crippen LogP contribution >= 0.6 is 11.3 Å². The predicted octanol–water partition coefficient (Wildman–Crippen LogP) is 3.64. The monoisotopic (exact) mass is 343 g/mol. The quantitative estimate of drug-likeness (QED) is 0.803. The summed E-state index contributed by atoms with van der Waals surface area (Å²) in [6, 6.07) is 10.3. The van der Waals surface area contributed by atoms with E-state index in [4.69, 9.17) is 4.98 Å². The molecular weight excluding hydrogens is 318 g/mol. The van der Waals surface area contributed by atoms with E-state index in [1.165, 1.54) is 5.56 Å².